The van der Waals surface area contributed by atoms with E-state index in [9.17, 15) is 17.6 Å². The second-order valence-electron chi connectivity index (χ2n) is 8.73. The number of halogens is 7. The summed E-state index contributed by atoms with van der Waals surface area (Å²) < 4.78 is 71.6. The van der Waals surface area contributed by atoms with Gasteiger partial charge in [0.25, 0.3) is 0 Å². The van der Waals surface area contributed by atoms with Gasteiger partial charge >= 0.3 is 6.18 Å². The van der Waals surface area contributed by atoms with Crippen molar-refractivity contribution in [2.24, 2.45) is 10.9 Å². The van der Waals surface area contributed by atoms with Crippen molar-refractivity contribution in [2.45, 2.75) is 31.3 Å². The lowest BCUT2D eigenvalue weighted by Gasteiger charge is -2.46. The molecule has 1 fully saturated rings. The number of nitrogens with one attached hydrogen (secondary N) is 1. The number of hydrogen-bond donors (Lipinski definition) is 1. The maximum atomic E-state index is 15.4. The van der Waals surface area contributed by atoms with Gasteiger partial charge in [0.2, 0.25) is 11.8 Å². The van der Waals surface area contributed by atoms with Crippen LogP contribution in [0.5, 0.6) is 0 Å². The standard InChI is InChI=1S/C23H18Cl2F5N5O/c1-12(2)20(33-11-31)35-9-21(27,10-35)18-4-3-13(8-32-18)17-7-22(36-34-17,23(28,29)30)14-5-15(24)19(26)16(25)6-14/h3-8,12,34H,9-10H2,1-2H3. The van der Waals surface area contributed by atoms with Gasteiger partial charge in [-0.15, -0.1) is 0 Å². The number of benzene rings is 1. The summed E-state index contributed by atoms with van der Waals surface area (Å²) in [5.41, 5.74) is -2.93. The van der Waals surface area contributed by atoms with Crippen LogP contribution in [0.25, 0.3) is 5.70 Å². The van der Waals surface area contributed by atoms with Gasteiger partial charge in [0, 0.05) is 23.2 Å². The molecule has 1 unspecified atom stereocenters. The van der Waals surface area contributed by atoms with Gasteiger partial charge in [-0.2, -0.15) is 23.4 Å². The number of aliphatic imine (C=N–C) groups is 1. The van der Waals surface area contributed by atoms with Crippen LogP contribution in [-0.2, 0) is 16.1 Å². The average Bonchev–Trinajstić information content (AvgIpc) is 3.26. The third-order valence-corrected chi connectivity index (χ3v) is 6.47. The van der Waals surface area contributed by atoms with Crippen LogP contribution < -0.4 is 5.48 Å². The van der Waals surface area contributed by atoms with Crippen molar-refractivity contribution in [3.8, 4) is 6.19 Å². The molecule has 36 heavy (non-hydrogen) atoms. The summed E-state index contributed by atoms with van der Waals surface area (Å²) in [6.07, 6.45) is -1.29. The van der Waals surface area contributed by atoms with E-state index in [0.29, 0.717) is 5.84 Å². The van der Waals surface area contributed by atoms with Crippen molar-refractivity contribution in [2.75, 3.05) is 13.1 Å². The largest absolute Gasteiger partial charge is 0.428 e. The summed E-state index contributed by atoms with van der Waals surface area (Å²) in [7, 11) is 0. The van der Waals surface area contributed by atoms with Crippen LogP contribution in [0.3, 0.4) is 0 Å². The molecule has 13 heteroatoms. The number of amidine groups is 1. The second-order valence-corrected chi connectivity index (χ2v) is 9.54. The number of alkyl halides is 4. The summed E-state index contributed by atoms with van der Waals surface area (Å²) in [5.74, 6) is -0.669. The van der Waals surface area contributed by atoms with Crippen LogP contribution in [0, 0.1) is 23.2 Å². The molecule has 1 saturated heterocycles. The molecule has 190 valence electrons. The lowest BCUT2D eigenvalue weighted by atomic mass is 9.89. The smallest absolute Gasteiger partial charge is 0.352 e. The molecule has 4 rings (SSSR count). The molecule has 1 aromatic heterocycles. The van der Waals surface area contributed by atoms with E-state index in [-0.39, 0.29) is 36.0 Å². The summed E-state index contributed by atoms with van der Waals surface area (Å²) in [6.45, 7) is 3.54. The van der Waals surface area contributed by atoms with Crippen molar-refractivity contribution in [1.82, 2.24) is 15.4 Å². The fourth-order valence-corrected chi connectivity index (χ4v) is 4.56. The third kappa shape index (κ3) is 4.38. The first-order chi connectivity index (χ1) is 16.8. The molecule has 0 aliphatic carbocycles. The highest BCUT2D eigenvalue weighted by Gasteiger charge is 2.60. The Labute approximate surface area is 212 Å². The number of pyridine rings is 1. The highest BCUT2D eigenvalue weighted by Crippen LogP contribution is 2.48. The van der Waals surface area contributed by atoms with E-state index in [2.05, 4.69) is 15.5 Å². The van der Waals surface area contributed by atoms with Crippen molar-refractivity contribution in [1.29, 1.82) is 5.26 Å². The van der Waals surface area contributed by atoms with Gasteiger partial charge in [-0.25, -0.2) is 8.78 Å². The fraction of sp³-hybridized carbons (Fsp3) is 0.348. The van der Waals surface area contributed by atoms with Crippen LogP contribution >= 0.6 is 23.2 Å². The minimum atomic E-state index is -4.98. The lowest BCUT2D eigenvalue weighted by molar-refractivity contribution is -0.269. The SMILES string of the molecule is CC(C)C(=NC#N)N1CC(F)(c2ccc(C3=CC(c4cc(Cl)c(F)c(Cl)c4)(C(F)(F)F)ON3)cn2)C1. The van der Waals surface area contributed by atoms with Crippen LogP contribution in [0.2, 0.25) is 10.0 Å². The van der Waals surface area contributed by atoms with Gasteiger partial charge in [0.05, 0.1) is 34.5 Å². The van der Waals surface area contributed by atoms with Crippen LogP contribution in [-0.4, -0.2) is 35.0 Å². The molecule has 2 aliphatic heterocycles. The summed E-state index contributed by atoms with van der Waals surface area (Å²) in [5, 5.41) is 7.65. The van der Waals surface area contributed by atoms with Gasteiger partial charge in [0.1, 0.15) is 5.84 Å². The van der Waals surface area contributed by atoms with E-state index in [1.807, 2.05) is 13.8 Å². The fourth-order valence-electron chi connectivity index (χ4n) is 4.07. The van der Waals surface area contributed by atoms with E-state index in [1.165, 1.54) is 18.3 Å². The third-order valence-electron chi connectivity index (χ3n) is 5.92. The zero-order valence-electron chi connectivity index (χ0n) is 18.8. The van der Waals surface area contributed by atoms with Gasteiger partial charge < -0.3 is 4.90 Å². The molecule has 1 atom stereocenters. The molecule has 1 N–H and O–H groups in total. The number of hydroxylamine groups is 1. The summed E-state index contributed by atoms with van der Waals surface area (Å²) in [4.78, 5) is 14.5. The molecule has 0 bridgehead atoms. The number of hydrogen-bond acceptors (Lipinski definition) is 5. The quantitative estimate of drug-likeness (QED) is 0.171. The number of rotatable bonds is 4. The van der Waals surface area contributed by atoms with Crippen molar-refractivity contribution in [3.63, 3.8) is 0 Å². The maximum Gasteiger partial charge on any atom is 0.428 e. The normalized spacial score (nSPS) is 21.6. The second kappa shape index (κ2) is 9.18. The van der Waals surface area contributed by atoms with E-state index in [4.69, 9.17) is 33.3 Å². The first kappa shape index (κ1) is 26.1. The highest BCUT2D eigenvalue weighted by atomic mass is 35.5. The molecule has 0 radical (unpaired) electrons. The molecular weight excluding hydrogens is 528 g/mol. The monoisotopic (exact) mass is 545 g/mol. The first-order valence-electron chi connectivity index (χ1n) is 10.6. The Bertz CT molecular complexity index is 1260. The lowest BCUT2D eigenvalue weighted by Crippen LogP contribution is -2.60. The molecule has 2 aliphatic rings. The van der Waals surface area contributed by atoms with Gasteiger partial charge in [0.15, 0.2) is 11.5 Å². The van der Waals surface area contributed by atoms with Crippen molar-refractivity contribution in [3.05, 3.63) is 69.2 Å². The molecule has 1 aromatic carbocycles. The number of aromatic nitrogens is 1. The molecule has 2 aromatic rings. The van der Waals surface area contributed by atoms with Crippen LogP contribution in [0.1, 0.15) is 30.7 Å². The number of likely N-dealkylation sites (tertiary alicyclic amines) is 1. The van der Waals surface area contributed by atoms with Crippen molar-refractivity contribution < 1.29 is 26.8 Å². The number of nitrogens with zero attached hydrogens (tertiary/aromatic N) is 4. The van der Waals surface area contributed by atoms with E-state index in [0.717, 1.165) is 18.2 Å². The molecular formula is C23H18Cl2F5N5O. The Morgan fingerprint density at radius 2 is 1.89 bits per heavy atom. The van der Waals surface area contributed by atoms with E-state index >= 15 is 4.39 Å². The Morgan fingerprint density at radius 1 is 1.25 bits per heavy atom. The Morgan fingerprint density at radius 3 is 2.39 bits per heavy atom. The van der Waals surface area contributed by atoms with Gasteiger partial charge in [-0.1, -0.05) is 37.0 Å². The highest BCUT2D eigenvalue weighted by molar-refractivity contribution is 6.35. The van der Waals surface area contributed by atoms with Gasteiger partial charge in [-0.3, -0.25) is 15.3 Å². The average molecular weight is 546 g/mol. The topological polar surface area (TPSA) is 73.5 Å². The van der Waals surface area contributed by atoms with Crippen molar-refractivity contribution >= 4 is 34.7 Å². The molecule has 0 saturated carbocycles. The Kier molecular flexibility index (Phi) is 6.66. The van der Waals surface area contributed by atoms with Crippen LogP contribution in [0.15, 0.2) is 41.5 Å². The Balaban J connectivity index is 1.61. The zero-order chi connectivity index (χ0) is 26.5. The molecule has 0 spiro atoms. The molecule has 0 amide bonds. The zero-order valence-corrected chi connectivity index (χ0v) is 20.3. The predicted molar refractivity (Wildman–Crippen MR) is 123 cm³/mol. The van der Waals surface area contributed by atoms with Gasteiger partial charge in [-0.05, 0) is 30.3 Å². The van der Waals surface area contributed by atoms with E-state index in [1.54, 1.807) is 11.1 Å². The Hall–Kier alpha value is -2.94. The maximum absolute atomic E-state index is 15.4. The number of nitriles is 1. The minimum absolute atomic E-state index is 0.0641. The van der Waals surface area contributed by atoms with Crippen LogP contribution in [0.4, 0.5) is 22.0 Å². The van der Waals surface area contributed by atoms with E-state index < -0.39 is 38.9 Å². The summed E-state index contributed by atoms with van der Waals surface area (Å²) >= 11 is 11.4. The first-order valence-corrected chi connectivity index (χ1v) is 11.3. The molecule has 6 nitrogen and oxygen atoms in total. The summed E-state index contributed by atoms with van der Waals surface area (Å²) in [6, 6.07) is 4.34. The minimum Gasteiger partial charge on any atom is -0.352 e. The predicted octanol–water partition coefficient (Wildman–Crippen LogP) is 5.88. The molecule has 3 heterocycles.